The maximum atomic E-state index is 12.7. The van der Waals surface area contributed by atoms with Gasteiger partial charge >= 0.3 is 0 Å². The number of aromatic amines is 1. The van der Waals surface area contributed by atoms with Crippen molar-refractivity contribution < 1.29 is 9.53 Å². The number of nitrogens with zero attached hydrogens (tertiary/aromatic N) is 4. The van der Waals surface area contributed by atoms with Gasteiger partial charge in [0.2, 0.25) is 17.7 Å². The Morgan fingerprint density at radius 2 is 1.72 bits per heavy atom. The van der Waals surface area contributed by atoms with E-state index in [1.165, 1.54) is 0 Å². The number of fused-ring (bicyclic) bond motifs is 1. The van der Waals surface area contributed by atoms with Crippen LogP contribution in [0.5, 0.6) is 11.6 Å². The minimum atomic E-state index is -0.0804. The Bertz CT molecular complexity index is 1690. The summed E-state index contributed by atoms with van der Waals surface area (Å²) in [4.78, 5) is 29.3. The first-order valence-corrected chi connectivity index (χ1v) is 14.6. The molecule has 2 aromatic heterocycles. The third kappa shape index (κ3) is 7.21. The van der Waals surface area contributed by atoms with Crippen LogP contribution >= 0.6 is 0 Å². The minimum absolute atomic E-state index is 0.00516. The molecule has 5 rings (SSSR count). The molecule has 5 aromatic rings. The summed E-state index contributed by atoms with van der Waals surface area (Å²) in [6, 6.07) is 28.3. The third-order valence-corrected chi connectivity index (χ3v) is 7.53. The number of hydrogen-bond acceptors (Lipinski definition) is 6. The van der Waals surface area contributed by atoms with E-state index in [4.69, 9.17) is 9.72 Å². The summed E-state index contributed by atoms with van der Waals surface area (Å²) in [7, 11) is 3.59. The molecule has 0 saturated heterocycles. The smallest absolute Gasteiger partial charge is 0.243 e. The van der Waals surface area contributed by atoms with E-state index in [9.17, 15) is 4.79 Å². The molecule has 1 atom stereocenters. The van der Waals surface area contributed by atoms with Gasteiger partial charge in [0.05, 0.1) is 17.6 Å². The summed E-state index contributed by atoms with van der Waals surface area (Å²) in [5.41, 5.74) is 5.71. The summed E-state index contributed by atoms with van der Waals surface area (Å²) < 4.78 is 6.34. The van der Waals surface area contributed by atoms with Crippen LogP contribution in [0, 0.1) is 0 Å². The van der Waals surface area contributed by atoms with Gasteiger partial charge in [-0.1, -0.05) is 75.4 Å². The lowest BCUT2D eigenvalue weighted by Crippen LogP contribution is -2.37. The number of amides is 1. The van der Waals surface area contributed by atoms with E-state index >= 15 is 0 Å². The molecular formula is C35H40N6O2. The molecule has 222 valence electrons. The second-order valence-electron chi connectivity index (χ2n) is 12.0. The van der Waals surface area contributed by atoms with Crippen LogP contribution in [0.1, 0.15) is 50.4 Å². The Morgan fingerprint density at radius 1 is 0.977 bits per heavy atom. The first kappa shape index (κ1) is 29.8. The Hall–Kier alpha value is -4.69. The molecule has 2 N–H and O–H groups in total. The van der Waals surface area contributed by atoms with Crippen LogP contribution < -0.4 is 10.1 Å². The van der Waals surface area contributed by atoms with Crippen LogP contribution in [-0.4, -0.2) is 51.3 Å². The molecule has 1 unspecified atom stereocenters. The summed E-state index contributed by atoms with van der Waals surface area (Å²) in [5, 5.41) is 3.37. The van der Waals surface area contributed by atoms with Crippen molar-refractivity contribution in [2.24, 2.45) is 0 Å². The molecule has 0 radical (unpaired) electrons. The van der Waals surface area contributed by atoms with Crippen molar-refractivity contribution >= 4 is 28.6 Å². The molecule has 0 fully saturated rings. The fourth-order valence-corrected chi connectivity index (χ4v) is 4.99. The number of likely N-dealkylation sites (N-methyl/N-ethyl adjacent to an activating group) is 1. The highest BCUT2D eigenvalue weighted by Gasteiger charge is 2.22. The Balaban J connectivity index is 1.38. The van der Waals surface area contributed by atoms with Crippen LogP contribution in [0.25, 0.3) is 11.0 Å². The number of hydrogen-bond donors (Lipinski definition) is 2. The van der Waals surface area contributed by atoms with Gasteiger partial charge in [0.25, 0.3) is 0 Å². The van der Waals surface area contributed by atoms with Crippen molar-refractivity contribution in [3.8, 4) is 11.6 Å². The molecule has 3 aromatic carbocycles. The molecule has 0 bridgehead atoms. The average Bonchev–Trinajstić information content (AvgIpc) is 3.39. The summed E-state index contributed by atoms with van der Waals surface area (Å²) in [5.74, 6) is 1.89. The van der Waals surface area contributed by atoms with E-state index in [-0.39, 0.29) is 17.4 Å². The van der Waals surface area contributed by atoms with Gasteiger partial charge < -0.3 is 19.9 Å². The summed E-state index contributed by atoms with van der Waals surface area (Å²) in [6.07, 6.45) is 1.72. The van der Waals surface area contributed by atoms with Crippen LogP contribution in [0.2, 0.25) is 0 Å². The molecule has 0 aliphatic carbocycles. The highest BCUT2D eigenvalue weighted by Crippen LogP contribution is 2.36. The fourth-order valence-electron chi connectivity index (χ4n) is 4.99. The second kappa shape index (κ2) is 12.7. The number of imidazole rings is 1. The topological polar surface area (TPSA) is 86.4 Å². The lowest BCUT2D eigenvalue weighted by molar-refractivity contribution is -0.130. The summed E-state index contributed by atoms with van der Waals surface area (Å²) >= 11 is 0. The molecule has 2 heterocycles. The number of ether oxygens (including phenoxy) is 1. The Labute approximate surface area is 253 Å². The van der Waals surface area contributed by atoms with Gasteiger partial charge in [-0.3, -0.25) is 9.69 Å². The maximum Gasteiger partial charge on any atom is 0.243 e. The molecule has 0 aliphatic rings. The Kier molecular flexibility index (Phi) is 8.78. The van der Waals surface area contributed by atoms with E-state index in [2.05, 4.69) is 78.2 Å². The number of carbonyl (C=O) groups excluding carboxylic acids is 1. The van der Waals surface area contributed by atoms with Gasteiger partial charge in [0, 0.05) is 38.4 Å². The molecule has 43 heavy (non-hydrogen) atoms. The SMILES string of the molecule is CC(c1ccc2nc(Nc3cccnc3Oc3ccccc3C(C)(C)C)[nH]c2c1)N(CC(=O)N(C)C)Cc1ccccc1. The lowest BCUT2D eigenvalue weighted by atomic mass is 9.86. The standard InChI is InChI=1S/C35H40N6O2/c1-24(41(23-32(42)40(5)6)22-25-13-8-7-9-14-25)26-18-19-28-30(21-26)39-34(37-28)38-29-16-12-20-36-33(29)43-31-17-11-10-15-27(31)35(2,3)4/h7-21,24H,22-23H2,1-6H3,(H2,37,38,39). The first-order valence-electron chi connectivity index (χ1n) is 14.6. The number of anilines is 2. The molecule has 8 nitrogen and oxygen atoms in total. The van der Waals surface area contributed by atoms with Crippen LogP contribution in [0.3, 0.4) is 0 Å². The highest BCUT2D eigenvalue weighted by atomic mass is 16.5. The summed E-state index contributed by atoms with van der Waals surface area (Å²) in [6.45, 7) is 9.61. The third-order valence-electron chi connectivity index (χ3n) is 7.53. The molecule has 0 saturated carbocycles. The monoisotopic (exact) mass is 576 g/mol. The van der Waals surface area contributed by atoms with E-state index in [1.54, 1.807) is 25.2 Å². The van der Waals surface area contributed by atoms with Crippen molar-refractivity contribution in [3.05, 3.63) is 108 Å². The van der Waals surface area contributed by atoms with Crippen LogP contribution in [-0.2, 0) is 16.8 Å². The number of rotatable bonds is 10. The molecule has 0 aliphatic heterocycles. The van der Waals surface area contributed by atoms with Crippen LogP contribution in [0.4, 0.5) is 11.6 Å². The van der Waals surface area contributed by atoms with Gasteiger partial charge in [0.15, 0.2) is 0 Å². The Morgan fingerprint density at radius 3 is 2.47 bits per heavy atom. The van der Waals surface area contributed by atoms with E-state index in [0.29, 0.717) is 30.6 Å². The predicted octanol–water partition coefficient (Wildman–Crippen LogP) is 7.44. The average molecular weight is 577 g/mol. The normalized spacial score (nSPS) is 12.3. The molecule has 1 amide bonds. The van der Waals surface area contributed by atoms with Gasteiger partial charge in [-0.15, -0.1) is 0 Å². The highest BCUT2D eigenvalue weighted by molar-refractivity contribution is 5.80. The zero-order chi connectivity index (χ0) is 30.6. The van der Waals surface area contributed by atoms with Gasteiger partial charge in [-0.25, -0.2) is 9.97 Å². The second-order valence-corrected chi connectivity index (χ2v) is 12.0. The maximum absolute atomic E-state index is 12.7. The fraction of sp³-hybridized carbons (Fsp3) is 0.286. The molecule has 0 spiro atoms. The van der Waals surface area contributed by atoms with Crippen molar-refractivity contribution in [1.82, 2.24) is 24.8 Å². The van der Waals surface area contributed by atoms with Crippen molar-refractivity contribution in [2.45, 2.75) is 45.7 Å². The van der Waals surface area contributed by atoms with E-state index in [1.807, 2.05) is 54.6 Å². The number of benzene rings is 3. The van der Waals surface area contributed by atoms with Gasteiger partial charge in [-0.2, -0.15) is 0 Å². The van der Waals surface area contributed by atoms with E-state index in [0.717, 1.165) is 33.5 Å². The lowest BCUT2D eigenvalue weighted by Gasteiger charge is -2.30. The van der Waals surface area contributed by atoms with E-state index < -0.39 is 0 Å². The number of pyridine rings is 1. The first-order chi connectivity index (χ1) is 20.6. The number of carbonyl (C=O) groups is 1. The number of H-pyrrole nitrogens is 1. The number of nitrogens with one attached hydrogen (secondary N) is 2. The predicted molar refractivity (Wildman–Crippen MR) is 173 cm³/mol. The van der Waals surface area contributed by atoms with Crippen LogP contribution in [0.15, 0.2) is 91.1 Å². The van der Waals surface area contributed by atoms with Crippen molar-refractivity contribution in [1.29, 1.82) is 0 Å². The van der Waals surface area contributed by atoms with Gasteiger partial charge in [-0.05, 0) is 53.8 Å². The van der Waals surface area contributed by atoms with Crippen molar-refractivity contribution in [2.75, 3.05) is 26.0 Å². The number of aromatic nitrogens is 3. The van der Waals surface area contributed by atoms with Gasteiger partial charge in [0.1, 0.15) is 11.4 Å². The number of para-hydroxylation sites is 1. The molecular weight excluding hydrogens is 536 g/mol. The minimum Gasteiger partial charge on any atom is -0.437 e. The molecule has 8 heteroatoms. The quantitative estimate of drug-likeness (QED) is 0.180. The zero-order valence-corrected chi connectivity index (χ0v) is 25.8. The van der Waals surface area contributed by atoms with Crippen molar-refractivity contribution in [3.63, 3.8) is 0 Å². The largest absolute Gasteiger partial charge is 0.437 e. The zero-order valence-electron chi connectivity index (χ0n) is 25.8.